The predicted molar refractivity (Wildman–Crippen MR) is 62.3 cm³/mol. The number of hydrogen-bond acceptors (Lipinski definition) is 3. The molecule has 0 radical (unpaired) electrons. The van der Waals surface area contributed by atoms with Gasteiger partial charge in [-0.3, -0.25) is 4.90 Å². The van der Waals surface area contributed by atoms with Gasteiger partial charge in [0.25, 0.3) is 0 Å². The summed E-state index contributed by atoms with van der Waals surface area (Å²) in [6.07, 6.45) is 0.434. The molecule has 0 amide bonds. The molecular weight excluding hydrogens is 245 g/mol. The van der Waals surface area contributed by atoms with Gasteiger partial charge in [-0.25, -0.2) is 0 Å². The molecule has 0 saturated heterocycles. The first-order valence-corrected chi connectivity index (χ1v) is 6.65. The Kier molecular flexibility index (Phi) is 4.50. The average molecular weight is 266 g/mol. The Balaban J connectivity index is 1.73. The number of alkyl halides is 3. The summed E-state index contributed by atoms with van der Waals surface area (Å²) in [5.74, 6) is 0. The van der Waals surface area contributed by atoms with Crippen molar-refractivity contribution in [2.75, 3.05) is 19.7 Å². The molecule has 0 aromatic rings. The maximum atomic E-state index is 12.4. The van der Waals surface area contributed by atoms with E-state index in [1.807, 2.05) is 0 Å². The molecule has 0 heterocycles. The summed E-state index contributed by atoms with van der Waals surface area (Å²) in [6.45, 7) is -0.407. The summed E-state index contributed by atoms with van der Waals surface area (Å²) in [5, 5.41) is 12.5. The second kappa shape index (κ2) is 5.75. The van der Waals surface area contributed by atoms with E-state index >= 15 is 0 Å². The first-order valence-electron chi connectivity index (χ1n) is 6.65. The zero-order valence-electron chi connectivity index (χ0n) is 10.4. The number of aliphatic hydroxyl groups is 1. The molecule has 0 aromatic heterocycles. The molecule has 2 rings (SSSR count). The second-order valence-electron chi connectivity index (χ2n) is 5.43. The highest BCUT2D eigenvalue weighted by molar-refractivity contribution is 4.88. The van der Waals surface area contributed by atoms with E-state index in [1.54, 1.807) is 0 Å². The molecule has 0 aromatic carbocycles. The Hall–Kier alpha value is -0.330. The summed E-state index contributed by atoms with van der Waals surface area (Å²) >= 11 is 0. The monoisotopic (exact) mass is 266 g/mol. The van der Waals surface area contributed by atoms with Crippen molar-refractivity contribution < 1.29 is 18.3 Å². The highest BCUT2D eigenvalue weighted by Crippen LogP contribution is 2.30. The van der Waals surface area contributed by atoms with Gasteiger partial charge < -0.3 is 10.4 Å². The number of nitrogens with one attached hydrogen (secondary N) is 1. The van der Waals surface area contributed by atoms with Gasteiger partial charge in [0.1, 0.15) is 0 Å². The van der Waals surface area contributed by atoms with Crippen LogP contribution in [0.15, 0.2) is 0 Å². The molecule has 2 aliphatic rings. The van der Waals surface area contributed by atoms with Crippen LogP contribution >= 0.6 is 0 Å². The lowest BCUT2D eigenvalue weighted by atomic mass is 10.2. The minimum Gasteiger partial charge on any atom is -0.395 e. The Morgan fingerprint density at radius 1 is 1.22 bits per heavy atom. The van der Waals surface area contributed by atoms with Gasteiger partial charge in [0.15, 0.2) is 0 Å². The normalized spacial score (nSPS) is 22.5. The van der Waals surface area contributed by atoms with Crippen molar-refractivity contribution in [3.05, 3.63) is 0 Å². The molecular formula is C12H21F3N2O. The molecule has 2 N–H and O–H groups in total. The Morgan fingerprint density at radius 2 is 1.89 bits per heavy atom. The summed E-state index contributed by atoms with van der Waals surface area (Å²) in [5.41, 5.74) is 0. The molecule has 0 aliphatic heterocycles. The van der Waals surface area contributed by atoms with Crippen molar-refractivity contribution in [2.45, 2.75) is 56.4 Å². The van der Waals surface area contributed by atoms with Crippen molar-refractivity contribution in [3.8, 4) is 0 Å². The van der Waals surface area contributed by atoms with Crippen molar-refractivity contribution >= 4 is 0 Å². The Bertz CT molecular complexity index is 265. The van der Waals surface area contributed by atoms with Crippen LogP contribution in [0.3, 0.4) is 0 Å². The van der Waals surface area contributed by atoms with Crippen molar-refractivity contribution in [1.82, 2.24) is 10.2 Å². The maximum Gasteiger partial charge on any atom is 0.401 e. The average Bonchev–Trinajstić information content (AvgIpc) is 3.13. The standard InChI is InChI=1S/C12H21F3N2O/c13-12(14,15)8-17(11-3-4-11)6-5-10(7-18)16-9-1-2-9/h9-11,16,18H,1-8H2. The van der Waals surface area contributed by atoms with E-state index in [9.17, 15) is 18.3 Å². The molecule has 106 valence electrons. The lowest BCUT2D eigenvalue weighted by Crippen LogP contribution is -2.41. The highest BCUT2D eigenvalue weighted by Gasteiger charge is 2.38. The number of aliphatic hydroxyl groups excluding tert-OH is 1. The summed E-state index contributed by atoms with van der Waals surface area (Å²) in [6, 6.07) is 0.512. The minimum absolute atomic E-state index is 0.00102. The van der Waals surface area contributed by atoms with Gasteiger partial charge in [0.05, 0.1) is 13.2 Å². The van der Waals surface area contributed by atoms with E-state index < -0.39 is 12.7 Å². The molecule has 2 aliphatic carbocycles. The first-order chi connectivity index (χ1) is 8.48. The second-order valence-corrected chi connectivity index (χ2v) is 5.43. The highest BCUT2D eigenvalue weighted by atomic mass is 19.4. The largest absolute Gasteiger partial charge is 0.401 e. The van der Waals surface area contributed by atoms with Gasteiger partial charge in [-0.1, -0.05) is 0 Å². The molecule has 3 nitrogen and oxygen atoms in total. The van der Waals surface area contributed by atoms with Gasteiger partial charge in [-0.2, -0.15) is 13.2 Å². The third-order valence-corrected chi connectivity index (χ3v) is 3.48. The van der Waals surface area contributed by atoms with Crippen LogP contribution < -0.4 is 5.32 Å². The fourth-order valence-electron chi connectivity index (χ4n) is 2.19. The fourth-order valence-corrected chi connectivity index (χ4v) is 2.19. The number of halogens is 3. The van der Waals surface area contributed by atoms with Crippen LogP contribution in [0.1, 0.15) is 32.1 Å². The molecule has 0 bridgehead atoms. The van der Waals surface area contributed by atoms with Crippen LogP contribution in [0.5, 0.6) is 0 Å². The first kappa shape index (κ1) is 14.1. The van der Waals surface area contributed by atoms with Crippen molar-refractivity contribution in [2.24, 2.45) is 0 Å². The van der Waals surface area contributed by atoms with Crippen molar-refractivity contribution in [1.29, 1.82) is 0 Å². The predicted octanol–water partition coefficient (Wildman–Crippen LogP) is 1.52. The lowest BCUT2D eigenvalue weighted by molar-refractivity contribution is -0.147. The zero-order chi connectivity index (χ0) is 13.2. The molecule has 2 saturated carbocycles. The molecule has 1 unspecified atom stereocenters. The van der Waals surface area contributed by atoms with Crippen LogP contribution in [-0.4, -0.2) is 54.0 Å². The van der Waals surface area contributed by atoms with E-state index in [1.165, 1.54) is 4.90 Å². The summed E-state index contributed by atoms with van der Waals surface area (Å²) in [4.78, 5) is 1.51. The number of nitrogens with zero attached hydrogens (tertiary/aromatic N) is 1. The van der Waals surface area contributed by atoms with E-state index in [0.29, 0.717) is 19.0 Å². The smallest absolute Gasteiger partial charge is 0.395 e. The number of rotatable bonds is 8. The summed E-state index contributed by atoms with van der Waals surface area (Å²) in [7, 11) is 0. The summed E-state index contributed by atoms with van der Waals surface area (Å²) < 4.78 is 37.2. The van der Waals surface area contributed by atoms with E-state index in [0.717, 1.165) is 25.7 Å². The van der Waals surface area contributed by atoms with Crippen LogP contribution in [0.25, 0.3) is 0 Å². The molecule has 0 spiro atoms. The van der Waals surface area contributed by atoms with Crippen LogP contribution in [0, 0.1) is 0 Å². The molecule has 1 atom stereocenters. The van der Waals surface area contributed by atoms with Crippen LogP contribution in [0.2, 0.25) is 0 Å². The van der Waals surface area contributed by atoms with Crippen LogP contribution in [-0.2, 0) is 0 Å². The van der Waals surface area contributed by atoms with Gasteiger partial charge in [-0.15, -0.1) is 0 Å². The van der Waals surface area contributed by atoms with E-state index in [-0.39, 0.29) is 18.7 Å². The lowest BCUT2D eigenvalue weighted by Gasteiger charge is -2.25. The van der Waals surface area contributed by atoms with E-state index in [2.05, 4.69) is 5.32 Å². The third kappa shape index (κ3) is 5.12. The van der Waals surface area contributed by atoms with Crippen LogP contribution in [0.4, 0.5) is 13.2 Å². The topological polar surface area (TPSA) is 35.5 Å². The molecule has 6 heteroatoms. The third-order valence-electron chi connectivity index (χ3n) is 3.48. The Labute approximate surface area is 105 Å². The zero-order valence-corrected chi connectivity index (χ0v) is 10.4. The Morgan fingerprint density at radius 3 is 2.33 bits per heavy atom. The number of hydrogen-bond donors (Lipinski definition) is 2. The van der Waals surface area contributed by atoms with Gasteiger partial charge in [0.2, 0.25) is 0 Å². The molecule has 18 heavy (non-hydrogen) atoms. The van der Waals surface area contributed by atoms with Crippen molar-refractivity contribution in [3.63, 3.8) is 0 Å². The van der Waals surface area contributed by atoms with Gasteiger partial charge in [-0.05, 0) is 32.1 Å². The quantitative estimate of drug-likeness (QED) is 0.699. The fraction of sp³-hybridized carbons (Fsp3) is 1.00. The van der Waals surface area contributed by atoms with Gasteiger partial charge in [0, 0.05) is 24.7 Å². The molecule has 2 fully saturated rings. The van der Waals surface area contributed by atoms with Gasteiger partial charge >= 0.3 is 6.18 Å². The minimum atomic E-state index is -4.12. The van der Waals surface area contributed by atoms with E-state index in [4.69, 9.17) is 0 Å². The maximum absolute atomic E-state index is 12.4. The SMILES string of the molecule is OCC(CCN(CC(F)(F)F)C1CC1)NC1CC1.